The van der Waals surface area contributed by atoms with Gasteiger partial charge in [0.2, 0.25) is 0 Å². The Bertz CT molecular complexity index is 978. The van der Waals surface area contributed by atoms with E-state index >= 15 is 0 Å². The van der Waals surface area contributed by atoms with Gasteiger partial charge >= 0.3 is 0 Å². The lowest BCUT2D eigenvalue weighted by atomic mass is 9.93. The quantitative estimate of drug-likeness (QED) is 0.235. The van der Waals surface area contributed by atoms with Crippen molar-refractivity contribution in [3.05, 3.63) is 54.6 Å². The standard InChI is InChI=1S/C18H15N3O/c19-21-16(22)10-20-15-9-7-13-5-4-11-2-1-3-12-6-8-14(15)18(13)17(11)12/h1-9,20H,10,19H2,(H,21,22). The molecule has 4 nitrogen and oxygen atoms in total. The molecule has 0 saturated heterocycles. The number of hydrogen-bond donors (Lipinski definition) is 3. The van der Waals surface area contributed by atoms with Crippen LogP contribution in [0.1, 0.15) is 0 Å². The van der Waals surface area contributed by atoms with Gasteiger partial charge in [-0.25, -0.2) is 5.84 Å². The van der Waals surface area contributed by atoms with Crippen molar-refractivity contribution in [2.45, 2.75) is 0 Å². The summed E-state index contributed by atoms with van der Waals surface area (Å²) in [6.45, 7) is 0.153. The van der Waals surface area contributed by atoms with Gasteiger partial charge in [0.25, 0.3) is 5.91 Å². The monoisotopic (exact) mass is 289 g/mol. The first-order valence-electron chi connectivity index (χ1n) is 7.18. The molecule has 108 valence electrons. The van der Waals surface area contributed by atoms with Crippen LogP contribution in [0.2, 0.25) is 0 Å². The molecule has 4 rings (SSSR count). The molecule has 0 unspecified atom stereocenters. The van der Waals surface area contributed by atoms with Gasteiger partial charge in [-0.15, -0.1) is 0 Å². The van der Waals surface area contributed by atoms with Crippen LogP contribution in [0.5, 0.6) is 0 Å². The van der Waals surface area contributed by atoms with Gasteiger partial charge in [-0.1, -0.05) is 48.5 Å². The van der Waals surface area contributed by atoms with Gasteiger partial charge < -0.3 is 5.32 Å². The molecule has 0 fully saturated rings. The number of nitrogens with one attached hydrogen (secondary N) is 2. The molecule has 1 amide bonds. The second-order valence-electron chi connectivity index (χ2n) is 5.39. The molecular weight excluding hydrogens is 274 g/mol. The van der Waals surface area contributed by atoms with E-state index in [1.165, 1.54) is 26.9 Å². The molecule has 0 saturated carbocycles. The Morgan fingerprint density at radius 3 is 2.23 bits per heavy atom. The first kappa shape index (κ1) is 12.9. The molecule has 22 heavy (non-hydrogen) atoms. The minimum absolute atomic E-state index is 0.153. The molecule has 0 atom stereocenters. The Balaban J connectivity index is 1.98. The van der Waals surface area contributed by atoms with E-state index in [2.05, 4.69) is 59.3 Å². The summed E-state index contributed by atoms with van der Waals surface area (Å²) in [6, 6.07) is 18.9. The second-order valence-corrected chi connectivity index (χ2v) is 5.39. The van der Waals surface area contributed by atoms with Crippen molar-refractivity contribution < 1.29 is 4.79 Å². The van der Waals surface area contributed by atoms with E-state index in [0.717, 1.165) is 11.1 Å². The Kier molecular flexibility index (Phi) is 2.84. The Hall–Kier alpha value is -2.85. The van der Waals surface area contributed by atoms with E-state index in [1.807, 2.05) is 6.07 Å². The van der Waals surface area contributed by atoms with Gasteiger partial charge in [-0.3, -0.25) is 10.2 Å². The number of nitrogens with two attached hydrogens (primary N) is 1. The van der Waals surface area contributed by atoms with Crippen LogP contribution in [-0.2, 0) is 4.79 Å². The highest BCUT2D eigenvalue weighted by Crippen LogP contribution is 2.37. The summed E-state index contributed by atoms with van der Waals surface area (Å²) < 4.78 is 0. The molecule has 4 aromatic rings. The topological polar surface area (TPSA) is 67.1 Å². The van der Waals surface area contributed by atoms with Crippen molar-refractivity contribution in [1.82, 2.24) is 5.43 Å². The summed E-state index contributed by atoms with van der Waals surface area (Å²) in [6.07, 6.45) is 0. The van der Waals surface area contributed by atoms with Crippen molar-refractivity contribution in [3.8, 4) is 0 Å². The maximum absolute atomic E-state index is 11.4. The van der Waals surface area contributed by atoms with Gasteiger partial charge in [-0.2, -0.15) is 0 Å². The van der Waals surface area contributed by atoms with Crippen molar-refractivity contribution in [3.63, 3.8) is 0 Å². The van der Waals surface area contributed by atoms with E-state index in [4.69, 9.17) is 5.84 Å². The zero-order valence-corrected chi connectivity index (χ0v) is 11.9. The second kappa shape index (κ2) is 4.86. The van der Waals surface area contributed by atoms with Gasteiger partial charge in [0, 0.05) is 11.1 Å². The number of hydrazine groups is 1. The molecule has 0 aliphatic heterocycles. The van der Waals surface area contributed by atoms with Crippen LogP contribution in [0.15, 0.2) is 54.6 Å². The number of carbonyl (C=O) groups excluding carboxylic acids is 1. The minimum atomic E-state index is -0.245. The molecule has 0 spiro atoms. The zero-order valence-electron chi connectivity index (χ0n) is 11.9. The van der Waals surface area contributed by atoms with Crippen LogP contribution in [0.4, 0.5) is 5.69 Å². The lowest BCUT2D eigenvalue weighted by Crippen LogP contribution is -2.35. The third-order valence-corrected chi connectivity index (χ3v) is 4.13. The van der Waals surface area contributed by atoms with Crippen LogP contribution in [-0.4, -0.2) is 12.5 Å². The zero-order chi connectivity index (χ0) is 15.1. The summed E-state index contributed by atoms with van der Waals surface area (Å²) in [4.78, 5) is 11.4. The molecule has 0 aliphatic carbocycles. The van der Waals surface area contributed by atoms with E-state index in [0.29, 0.717) is 0 Å². The highest BCUT2D eigenvalue weighted by molar-refractivity contribution is 6.25. The molecule has 0 heterocycles. The number of hydrogen-bond acceptors (Lipinski definition) is 3. The van der Waals surface area contributed by atoms with Gasteiger partial charge in [0.05, 0.1) is 6.54 Å². The molecule has 0 radical (unpaired) electrons. The smallest absolute Gasteiger partial charge is 0.253 e. The molecule has 0 aliphatic rings. The summed E-state index contributed by atoms with van der Waals surface area (Å²) in [5.74, 6) is 4.88. The number of benzene rings is 4. The van der Waals surface area contributed by atoms with Crippen molar-refractivity contribution in [1.29, 1.82) is 0 Å². The average Bonchev–Trinajstić information content (AvgIpc) is 2.58. The number of anilines is 1. The van der Waals surface area contributed by atoms with E-state index < -0.39 is 0 Å². The first-order valence-corrected chi connectivity index (χ1v) is 7.18. The van der Waals surface area contributed by atoms with E-state index in [1.54, 1.807) is 0 Å². The third-order valence-electron chi connectivity index (χ3n) is 4.13. The molecular formula is C18H15N3O. The highest BCUT2D eigenvalue weighted by atomic mass is 16.2. The first-order chi connectivity index (χ1) is 10.8. The average molecular weight is 289 g/mol. The largest absolute Gasteiger partial charge is 0.376 e. The Morgan fingerprint density at radius 1 is 0.864 bits per heavy atom. The summed E-state index contributed by atoms with van der Waals surface area (Å²) in [7, 11) is 0. The predicted molar refractivity (Wildman–Crippen MR) is 91.0 cm³/mol. The third kappa shape index (κ3) is 1.85. The fourth-order valence-electron chi connectivity index (χ4n) is 3.12. The maximum Gasteiger partial charge on any atom is 0.253 e. The van der Waals surface area contributed by atoms with Crippen molar-refractivity contribution in [2.75, 3.05) is 11.9 Å². The minimum Gasteiger partial charge on any atom is -0.376 e. The van der Waals surface area contributed by atoms with Gasteiger partial charge in [0.15, 0.2) is 0 Å². The number of carbonyl (C=O) groups is 1. The maximum atomic E-state index is 11.4. The van der Waals surface area contributed by atoms with Crippen LogP contribution in [0.25, 0.3) is 32.3 Å². The van der Waals surface area contributed by atoms with Crippen LogP contribution >= 0.6 is 0 Å². The molecule has 0 aromatic heterocycles. The summed E-state index contributed by atoms with van der Waals surface area (Å²) in [5.41, 5.74) is 3.07. The highest BCUT2D eigenvalue weighted by Gasteiger charge is 2.10. The number of rotatable bonds is 3. The lowest BCUT2D eigenvalue weighted by molar-refractivity contribution is -0.119. The SMILES string of the molecule is NNC(=O)CNc1ccc2ccc3cccc4ccc1c2c34. The molecule has 4 heteroatoms. The summed E-state index contributed by atoms with van der Waals surface area (Å²) in [5, 5.41) is 10.4. The molecule has 4 aromatic carbocycles. The summed E-state index contributed by atoms with van der Waals surface area (Å²) >= 11 is 0. The van der Waals surface area contributed by atoms with Crippen molar-refractivity contribution in [2.24, 2.45) is 5.84 Å². The fraction of sp³-hybridized carbons (Fsp3) is 0.0556. The van der Waals surface area contributed by atoms with Gasteiger partial charge in [-0.05, 0) is 33.0 Å². The fourth-order valence-corrected chi connectivity index (χ4v) is 3.12. The predicted octanol–water partition coefficient (Wildman–Crippen LogP) is 2.99. The van der Waals surface area contributed by atoms with Crippen LogP contribution in [0.3, 0.4) is 0 Å². The molecule has 4 N–H and O–H groups in total. The normalized spacial score (nSPS) is 11.3. The molecule has 0 bridgehead atoms. The Labute approximate surface area is 127 Å². The van der Waals surface area contributed by atoms with Crippen LogP contribution < -0.4 is 16.6 Å². The van der Waals surface area contributed by atoms with Crippen LogP contribution in [0, 0.1) is 0 Å². The Morgan fingerprint density at radius 2 is 1.50 bits per heavy atom. The van der Waals surface area contributed by atoms with Gasteiger partial charge in [0.1, 0.15) is 0 Å². The van der Waals surface area contributed by atoms with E-state index in [-0.39, 0.29) is 12.5 Å². The number of amides is 1. The lowest BCUT2D eigenvalue weighted by Gasteiger charge is -2.14. The van der Waals surface area contributed by atoms with E-state index in [9.17, 15) is 4.79 Å². The van der Waals surface area contributed by atoms with Crippen molar-refractivity contribution >= 4 is 43.9 Å².